The molecule has 1 spiro atoms. The molecule has 3 nitrogen and oxygen atoms in total. The van der Waals surface area contributed by atoms with Gasteiger partial charge >= 0.3 is 0 Å². The number of aromatic hydroxyl groups is 1. The van der Waals surface area contributed by atoms with Crippen LogP contribution in [0.2, 0.25) is 0 Å². The molecule has 1 unspecified atom stereocenters. The number of hydrogen-bond acceptors (Lipinski definition) is 3. The highest BCUT2D eigenvalue weighted by molar-refractivity contribution is 5.66. The Bertz CT molecular complexity index is 370. The van der Waals surface area contributed by atoms with Crippen LogP contribution in [-0.2, 0) is 5.41 Å². The molecule has 0 saturated carbocycles. The van der Waals surface area contributed by atoms with Crippen LogP contribution in [0.5, 0.6) is 5.75 Å². The smallest absolute Gasteiger partial charge is 0.121 e. The molecule has 0 radical (unpaired) electrons. The molecular weight excluding hydrogens is 176 g/mol. The predicted octanol–water partition coefficient (Wildman–Crippen LogP) is 1.05. The molecule has 0 bridgehead atoms. The molecule has 1 fully saturated rings. The van der Waals surface area contributed by atoms with Crippen molar-refractivity contribution in [3.05, 3.63) is 23.8 Å². The van der Waals surface area contributed by atoms with E-state index in [1.807, 2.05) is 12.1 Å². The first-order chi connectivity index (χ1) is 6.82. The number of benzene rings is 1. The lowest BCUT2D eigenvalue weighted by atomic mass is 9.81. The fourth-order valence-electron chi connectivity index (χ4n) is 2.71. The van der Waals surface area contributed by atoms with Gasteiger partial charge in [0, 0.05) is 29.8 Å². The molecule has 0 amide bonds. The Hall–Kier alpha value is -1.22. The van der Waals surface area contributed by atoms with E-state index in [0.717, 1.165) is 37.3 Å². The summed E-state index contributed by atoms with van der Waals surface area (Å²) in [5.41, 5.74) is 2.36. The van der Waals surface area contributed by atoms with Gasteiger partial charge in [-0.25, -0.2) is 0 Å². The van der Waals surface area contributed by atoms with Crippen LogP contribution in [0.1, 0.15) is 12.0 Å². The first-order valence-electron chi connectivity index (χ1n) is 5.09. The molecule has 2 heterocycles. The van der Waals surface area contributed by atoms with Crippen molar-refractivity contribution in [2.75, 3.05) is 25.0 Å². The van der Waals surface area contributed by atoms with E-state index in [1.54, 1.807) is 6.07 Å². The summed E-state index contributed by atoms with van der Waals surface area (Å²) in [5.74, 6) is 0.441. The second-order valence-corrected chi connectivity index (χ2v) is 4.26. The Balaban J connectivity index is 2.16. The number of nitrogens with one attached hydrogen (secondary N) is 2. The number of phenols is 1. The molecule has 0 aromatic heterocycles. The van der Waals surface area contributed by atoms with Crippen molar-refractivity contribution in [1.29, 1.82) is 0 Å². The number of phenolic OH excluding ortho intramolecular Hbond substituents is 1. The highest BCUT2D eigenvalue weighted by atomic mass is 16.3. The van der Waals surface area contributed by atoms with Crippen molar-refractivity contribution in [3.63, 3.8) is 0 Å². The van der Waals surface area contributed by atoms with E-state index in [4.69, 9.17) is 0 Å². The van der Waals surface area contributed by atoms with Gasteiger partial charge in [0.1, 0.15) is 5.75 Å². The quantitative estimate of drug-likeness (QED) is 0.573. The SMILES string of the molecule is Oc1cccc2c1C1(CCNC1)CN2. The molecule has 3 rings (SSSR count). The van der Waals surface area contributed by atoms with Crippen LogP contribution in [-0.4, -0.2) is 24.7 Å². The summed E-state index contributed by atoms with van der Waals surface area (Å²) in [5, 5.41) is 16.6. The lowest BCUT2D eigenvalue weighted by molar-refractivity contribution is 0.437. The zero-order chi connectivity index (χ0) is 9.60. The van der Waals surface area contributed by atoms with Crippen molar-refractivity contribution in [1.82, 2.24) is 5.32 Å². The van der Waals surface area contributed by atoms with Gasteiger partial charge in [0.05, 0.1) is 0 Å². The third-order valence-electron chi connectivity index (χ3n) is 3.43. The summed E-state index contributed by atoms with van der Waals surface area (Å²) in [7, 11) is 0. The van der Waals surface area contributed by atoms with E-state index in [1.165, 1.54) is 0 Å². The highest BCUT2D eigenvalue weighted by Gasteiger charge is 2.42. The van der Waals surface area contributed by atoms with Gasteiger partial charge in [-0.3, -0.25) is 0 Å². The molecule has 1 aromatic carbocycles. The molecule has 1 aromatic rings. The van der Waals surface area contributed by atoms with Crippen molar-refractivity contribution in [2.24, 2.45) is 0 Å². The molecule has 3 heteroatoms. The average Bonchev–Trinajstić information content (AvgIpc) is 2.77. The van der Waals surface area contributed by atoms with Crippen LogP contribution in [0.3, 0.4) is 0 Å². The van der Waals surface area contributed by atoms with Gasteiger partial charge in [0.15, 0.2) is 0 Å². The highest BCUT2D eigenvalue weighted by Crippen LogP contribution is 2.45. The molecule has 2 aliphatic heterocycles. The normalized spacial score (nSPS) is 29.1. The van der Waals surface area contributed by atoms with E-state index >= 15 is 0 Å². The summed E-state index contributed by atoms with van der Waals surface area (Å²) in [4.78, 5) is 0. The number of anilines is 1. The first-order valence-corrected chi connectivity index (χ1v) is 5.09. The predicted molar refractivity (Wildman–Crippen MR) is 55.8 cm³/mol. The van der Waals surface area contributed by atoms with Gasteiger partial charge in [-0.05, 0) is 25.1 Å². The van der Waals surface area contributed by atoms with Gasteiger partial charge in [0.25, 0.3) is 0 Å². The van der Waals surface area contributed by atoms with Crippen molar-refractivity contribution < 1.29 is 5.11 Å². The minimum Gasteiger partial charge on any atom is -0.508 e. The van der Waals surface area contributed by atoms with E-state index in [2.05, 4.69) is 10.6 Å². The number of hydrogen-bond donors (Lipinski definition) is 3. The molecule has 0 aliphatic carbocycles. The minimum absolute atomic E-state index is 0.140. The number of fused-ring (bicyclic) bond motifs is 2. The Morgan fingerprint density at radius 1 is 1.29 bits per heavy atom. The molecule has 2 aliphatic rings. The Labute approximate surface area is 83.1 Å². The average molecular weight is 190 g/mol. The monoisotopic (exact) mass is 190 g/mol. The topological polar surface area (TPSA) is 44.3 Å². The second kappa shape index (κ2) is 2.64. The maximum atomic E-state index is 9.89. The van der Waals surface area contributed by atoms with Gasteiger partial charge in [-0.1, -0.05) is 6.07 Å². The second-order valence-electron chi connectivity index (χ2n) is 4.26. The Morgan fingerprint density at radius 2 is 2.21 bits per heavy atom. The Morgan fingerprint density at radius 3 is 3.00 bits per heavy atom. The summed E-state index contributed by atoms with van der Waals surface area (Å²) >= 11 is 0. The third-order valence-corrected chi connectivity index (χ3v) is 3.43. The van der Waals surface area contributed by atoms with E-state index < -0.39 is 0 Å². The van der Waals surface area contributed by atoms with Gasteiger partial charge in [-0.2, -0.15) is 0 Å². The van der Waals surface area contributed by atoms with Crippen LogP contribution in [0, 0.1) is 0 Å². The van der Waals surface area contributed by atoms with Gasteiger partial charge in [0.2, 0.25) is 0 Å². The molecular formula is C11H14N2O. The van der Waals surface area contributed by atoms with Gasteiger partial charge < -0.3 is 15.7 Å². The lowest BCUT2D eigenvalue weighted by Crippen LogP contribution is -2.30. The largest absolute Gasteiger partial charge is 0.508 e. The zero-order valence-electron chi connectivity index (χ0n) is 8.01. The van der Waals surface area contributed by atoms with Crippen molar-refractivity contribution in [2.45, 2.75) is 11.8 Å². The molecule has 14 heavy (non-hydrogen) atoms. The summed E-state index contributed by atoms with van der Waals surface area (Å²) in [6.45, 7) is 2.98. The maximum absolute atomic E-state index is 9.89. The van der Waals surface area contributed by atoms with Crippen LogP contribution in [0.25, 0.3) is 0 Å². The zero-order valence-corrected chi connectivity index (χ0v) is 8.01. The van der Waals surface area contributed by atoms with E-state index in [9.17, 15) is 5.11 Å². The maximum Gasteiger partial charge on any atom is 0.121 e. The first kappa shape index (κ1) is 8.12. The van der Waals surface area contributed by atoms with Gasteiger partial charge in [-0.15, -0.1) is 0 Å². The van der Waals surface area contributed by atoms with Crippen LogP contribution >= 0.6 is 0 Å². The lowest BCUT2D eigenvalue weighted by Gasteiger charge is -2.22. The van der Waals surface area contributed by atoms with Crippen LogP contribution < -0.4 is 10.6 Å². The Kier molecular flexibility index (Phi) is 1.53. The van der Waals surface area contributed by atoms with Crippen LogP contribution in [0.4, 0.5) is 5.69 Å². The molecule has 1 atom stereocenters. The number of rotatable bonds is 0. The standard InChI is InChI=1S/C11H14N2O/c14-9-3-1-2-8-10(9)11(7-13-8)4-5-12-6-11/h1-3,12-14H,4-7H2. The minimum atomic E-state index is 0.140. The molecule has 1 saturated heterocycles. The summed E-state index contributed by atoms with van der Waals surface area (Å²) < 4.78 is 0. The van der Waals surface area contributed by atoms with Crippen LogP contribution in [0.15, 0.2) is 18.2 Å². The van der Waals surface area contributed by atoms with Crippen molar-refractivity contribution >= 4 is 5.69 Å². The summed E-state index contributed by atoms with van der Waals surface area (Å²) in [6.07, 6.45) is 1.12. The van der Waals surface area contributed by atoms with E-state index in [-0.39, 0.29) is 5.41 Å². The molecule has 3 N–H and O–H groups in total. The fourth-order valence-corrected chi connectivity index (χ4v) is 2.71. The van der Waals surface area contributed by atoms with Crippen molar-refractivity contribution in [3.8, 4) is 5.75 Å². The third kappa shape index (κ3) is 0.904. The summed E-state index contributed by atoms with van der Waals surface area (Å²) in [6, 6.07) is 5.72. The van der Waals surface area contributed by atoms with E-state index in [0.29, 0.717) is 5.75 Å². The fraction of sp³-hybridized carbons (Fsp3) is 0.455. The molecule has 74 valence electrons.